The summed E-state index contributed by atoms with van der Waals surface area (Å²) in [5.41, 5.74) is -2.12. The van der Waals surface area contributed by atoms with Crippen molar-refractivity contribution >= 4 is 29.1 Å². The third-order valence-corrected chi connectivity index (χ3v) is 8.66. The minimum Gasteiger partial charge on any atom is -0.394 e. The van der Waals surface area contributed by atoms with Gasteiger partial charge in [-0.3, -0.25) is 9.69 Å². The van der Waals surface area contributed by atoms with Crippen LogP contribution in [-0.4, -0.2) is 44.2 Å². The maximum atomic E-state index is 16.5. The quantitative estimate of drug-likeness (QED) is 0.320. The van der Waals surface area contributed by atoms with Crippen molar-refractivity contribution in [2.45, 2.75) is 63.3 Å². The van der Waals surface area contributed by atoms with E-state index in [1.807, 2.05) is 6.92 Å². The first-order valence-electron chi connectivity index (χ1n) is 13.6. The molecule has 2 aliphatic rings. The predicted molar refractivity (Wildman–Crippen MR) is 149 cm³/mol. The number of carbonyl (C=O) groups excluding carboxylic acids is 1. The van der Waals surface area contributed by atoms with Gasteiger partial charge in [0.1, 0.15) is 11.6 Å². The maximum absolute atomic E-state index is 16.5. The van der Waals surface area contributed by atoms with Crippen LogP contribution in [0.2, 0.25) is 10.0 Å². The Morgan fingerprint density at radius 2 is 1.77 bits per heavy atom. The van der Waals surface area contributed by atoms with Crippen molar-refractivity contribution in [1.82, 2.24) is 14.9 Å². The van der Waals surface area contributed by atoms with E-state index in [9.17, 15) is 15.0 Å². The Hall–Kier alpha value is -2.62. The highest BCUT2D eigenvalue weighted by atomic mass is 35.5. The van der Waals surface area contributed by atoms with E-state index in [0.717, 1.165) is 32.1 Å². The number of aliphatic hydroxyl groups is 2. The lowest BCUT2D eigenvalue weighted by Gasteiger charge is -2.40. The molecule has 7 nitrogen and oxygen atoms in total. The van der Waals surface area contributed by atoms with Crippen molar-refractivity contribution < 1.29 is 24.1 Å². The van der Waals surface area contributed by atoms with Gasteiger partial charge in [-0.05, 0) is 55.0 Å². The Bertz CT molecular complexity index is 1370. The number of hydrogen-bond donors (Lipinski definition) is 2. The third-order valence-electron chi connectivity index (χ3n) is 8.22. The lowest BCUT2D eigenvalue weighted by molar-refractivity contribution is -0.121. The highest BCUT2D eigenvalue weighted by Crippen LogP contribution is 2.50. The minimum atomic E-state index is -1.75. The molecule has 1 fully saturated rings. The fourth-order valence-corrected chi connectivity index (χ4v) is 6.47. The summed E-state index contributed by atoms with van der Waals surface area (Å²) in [6, 6.07) is 9.52. The summed E-state index contributed by atoms with van der Waals surface area (Å²) < 4.78 is 22.8. The number of aromatic nitrogens is 2. The van der Waals surface area contributed by atoms with Crippen LogP contribution >= 0.6 is 23.2 Å². The average molecular weight is 589 g/mol. The fourth-order valence-electron chi connectivity index (χ4n) is 6.25. The SMILES string of the molecule is CCC(O)(c1cc(F)c2c(c1)C(=O)N(Cc1ncc(Cl)cn1)[C@@]2(OCCO)c1ccc(Cl)cc1)C1CCCCC1. The maximum Gasteiger partial charge on any atom is 0.257 e. The zero-order valence-electron chi connectivity index (χ0n) is 22.2. The van der Waals surface area contributed by atoms with Gasteiger partial charge in [-0.25, -0.2) is 14.4 Å². The van der Waals surface area contributed by atoms with E-state index >= 15 is 4.39 Å². The van der Waals surface area contributed by atoms with Crippen molar-refractivity contribution in [3.8, 4) is 0 Å². The lowest BCUT2D eigenvalue weighted by Crippen LogP contribution is -2.47. The van der Waals surface area contributed by atoms with E-state index in [4.69, 9.17) is 27.9 Å². The number of hydrogen-bond acceptors (Lipinski definition) is 6. The van der Waals surface area contributed by atoms with Crippen molar-refractivity contribution in [2.24, 2.45) is 5.92 Å². The van der Waals surface area contributed by atoms with E-state index < -0.39 is 23.1 Å². The summed E-state index contributed by atoms with van der Waals surface area (Å²) in [5, 5.41) is 22.4. The summed E-state index contributed by atoms with van der Waals surface area (Å²) in [5.74, 6) is -0.963. The van der Waals surface area contributed by atoms with Crippen LogP contribution in [0, 0.1) is 11.7 Å². The van der Waals surface area contributed by atoms with Crippen LogP contribution in [0.1, 0.15) is 78.3 Å². The molecule has 1 aliphatic heterocycles. The van der Waals surface area contributed by atoms with Gasteiger partial charge in [0.05, 0.1) is 41.5 Å². The molecule has 1 aromatic heterocycles. The normalized spacial score (nSPS) is 20.9. The molecule has 2 atom stereocenters. The van der Waals surface area contributed by atoms with Crippen LogP contribution in [0.5, 0.6) is 0 Å². The monoisotopic (exact) mass is 587 g/mol. The van der Waals surface area contributed by atoms with Gasteiger partial charge in [0.15, 0.2) is 5.72 Å². The highest BCUT2D eigenvalue weighted by Gasteiger charge is 2.55. The molecule has 1 saturated carbocycles. The molecular formula is C30H32Cl2FN3O4. The van der Waals surface area contributed by atoms with Gasteiger partial charge in [0.2, 0.25) is 0 Å². The molecule has 1 unspecified atom stereocenters. The second-order valence-corrected chi connectivity index (χ2v) is 11.3. The zero-order chi connectivity index (χ0) is 28.5. The first kappa shape index (κ1) is 28.9. The van der Waals surface area contributed by atoms with E-state index in [0.29, 0.717) is 27.6 Å². The zero-order valence-corrected chi connectivity index (χ0v) is 23.8. The first-order valence-corrected chi connectivity index (χ1v) is 14.4. The molecule has 1 aliphatic carbocycles. The molecule has 2 heterocycles. The molecule has 3 aromatic rings. The van der Waals surface area contributed by atoms with Crippen molar-refractivity contribution in [1.29, 1.82) is 0 Å². The van der Waals surface area contributed by atoms with Crippen LogP contribution < -0.4 is 0 Å². The van der Waals surface area contributed by atoms with E-state index in [2.05, 4.69) is 9.97 Å². The van der Waals surface area contributed by atoms with Gasteiger partial charge < -0.3 is 14.9 Å². The standard InChI is InChI=1S/C30H32Cl2FN3O4/c1-2-29(39,19-6-4-3-5-7-19)21-14-24-27(25(33)15-21)30(40-13-12-37,20-8-10-22(31)11-9-20)36(28(24)38)18-26-34-16-23(32)17-35-26/h8-11,14-17,19,37,39H,2-7,12-13,18H2,1H3/t29?,30-/m1/s1. The number of ether oxygens (including phenoxy) is 1. The number of nitrogens with zero attached hydrogens (tertiary/aromatic N) is 3. The van der Waals surface area contributed by atoms with Crippen LogP contribution in [-0.2, 0) is 22.6 Å². The van der Waals surface area contributed by atoms with Crippen molar-refractivity contribution in [3.05, 3.63) is 92.7 Å². The molecule has 0 saturated heterocycles. The Kier molecular flexibility index (Phi) is 8.45. The van der Waals surface area contributed by atoms with Gasteiger partial charge in [-0.2, -0.15) is 0 Å². The van der Waals surface area contributed by atoms with Gasteiger partial charge in [-0.1, -0.05) is 61.5 Å². The van der Waals surface area contributed by atoms with Gasteiger partial charge in [0.25, 0.3) is 5.91 Å². The van der Waals surface area contributed by atoms with Gasteiger partial charge >= 0.3 is 0 Å². The van der Waals surface area contributed by atoms with Crippen LogP contribution in [0.4, 0.5) is 4.39 Å². The Balaban J connectivity index is 1.71. The van der Waals surface area contributed by atoms with Crippen molar-refractivity contribution in [3.63, 3.8) is 0 Å². The number of benzene rings is 2. The van der Waals surface area contributed by atoms with Crippen LogP contribution in [0.25, 0.3) is 0 Å². The molecule has 40 heavy (non-hydrogen) atoms. The molecule has 2 aromatic carbocycles. The number of carbonyl (C=O) groups is 1. The molecule has 0 radical (unpaired) electrons. The van der Waals surface area contributed by atoms with E-state index in [-0.39, 0.29) is 42.6 Å². The third kappa shape index (κ3) is 5.01. The largest absolute Gasteiger partial charge is 0.394 e. The topological polar surface area (TPSA) is 95.8 Å². The molecule has 10 heteroatoms. The van der Waals surface area contributed by atoms with Crippen molar-refractivity contribution in [2.75, 3.05) is 13.2 Å². The summed E-state index contributed by atoms with van der Waals surface area (Å²) in [6.07, 6.45) is 8.01. The fraction of sp³-hybridized carbons (Fsp3) is 0.433. The van der Waals surface area contributed by atoms with Gasteiger partial charge in [-0.15, -0.1) is 0 Å². The summed E-state index contributed by atoms with van der Waals surface area (Å²) in [6.45, 7) is 1.21. The Morgan fingerprint density at radius 1 is 1.10 bits per heavy atom. The lowest BCUT2D eigenvalue weighted by atomic mass is 9.71. The van der Waals surface area contributed by atoms with Crippen LogP contribution in [0.15, 0.2) is 48.8 Å². The molecule has 212 valence electrons. The second kappa shape index (κ2) is 11.7. The first-order chi connectivity index (χ1) is 19.2. The highest BCUT2D eigenvalue weighted by molar-refractivity contribution is 6.30. The molecular weight excluding hydrogens is 556 g/mol. The second-order valence-electron chi connectivity index (χ2n) is 10.4. The molecule has 2 N–H and O–H groups in total. The number of fused-ring (bicyclic) bond motifs is 1. The summed E-state index contributed by atoms with van der Waals surface area (Å²) in [7, 11) is 0. The molecule has 0 spiro atoms. The van der Waals surface area contributed by atoms with E-state index in [1.54, 1.807) is 30.3 Å². The molecule has 1 amide bonds. The molecule has 0 bridgehead atoms. The Morgan fingerprint density at radius 3 is 2.40 bits per heavy atom. The summed E-state index contributed by atoms with van der Waals surface area (Å²) >= 11 is 12.2. The smallest absolute Gasteiger partial charge is 0.257 e. The minimum absolute atomic E-state index is 0.00748. The predicted octanol–water partition coefficient (Wildman–Crippen LogP) is 5.97. The van der Waals surface area contributed by atoms with E-state index in [1.165, 1.54) is 23.4 Å². The summed E-state index contributed by atoms with van der Waals surface area (Å²) in [4.78, 5) is 24.1. The molecule has 5 rings (SSSR count). The average Bonchev–Trinajstić information content (AvgIpc) is 3.21. The Labute approximate surface area is 242 Å². The number of rotatable bonds is 9. The number of halogens is 3. The van der Waals surface area contributed by atoms with Gasteiger partial charge in [0, 0.05) is 23.0 Å². The number of aliphatic hydroxyl groups excluding tert-OH is 1. The number of amides is 1. The van der Waals surface area contributed by atoms with Crippen LogP contribution in [0.3, 0.4) is 0 Å².